The van der Waals surface area contributed by atoms with Crippen LogP contribution in [0.2, 0.25) is 5.02 Å². The van der Waals surface area contributed by atoms with Crippen LogP contribution in [-0.4, -0.2) is 17.7 Å². The van der Waals surface area contributed by atoms with Gasteiger partial charge in [-0.25, -0.2) is 4.90 Å². The zero-order valence-electron chi connectivity index (χ0n) is 17.6. The zero-order chi connectivity index (χ0) is 23.5. The molecule has 1 aliphatic rings. The number of rotatable bonds is 6. The van der Waals surface area contributed by atoms with Crippen LogP contribution in [0.25, 0.3) is 0 Å². The van der Waals surface area contributed by atoms with Crippen LogP contribution < -0.4 is 15.5 Å². The highest BCUT2D eigenvalue weighted by Gasteiger charge is 2.38. The number of nitrogens with zero attached hydrogens (tertiary/aromatic N) is 1. The van der Waals surface area contributed by atoms with Crippen molar-refractivity contribution < 1.29 is 14.4 Å². The van der Waals surface area contributed by atoms with Crippen molar-refractivity contribution >= 4 is 58.0 Å². The molecule has 6 nitrogen and oxygen atoms in total. The predicted molar refractivity (Wildman–Crippen MR) is 131 cm³/mol. The van der Waals surface area contributed by atoms with Gasteiger partial charge in [0.05, 0.1) is 5.69 Å². The molecule has 0 radical (unpaired) electrons. The number of nitrogens with one attached hydrogen (secondary N) is 2. The first kappa shape index (κ1) is 22.6. The van der Waals surface area contributed by atoms with Gasteiger partial charge >= 0.3 is 0 Å². The van der Waals surface area contributed by atoms with Crippen molar-refractivity contribution in [2.75, 3.05) is 15.5 Å². The Labute approximate surface area is 200 Å². The van der Waals surface area contributed by atoms with Gasteiger partial charge in [0, 0.05) is 22.0 Å². The van der Waals surface area contributed by atoms with Crippen molar-refractivity contribution in [1.29, 1.82) is 0 Å². The number of halogens is 2. The topological polar surface area (TPSA) is 78.5 Å². The van der Waals surface area contributed by atoms with Crippen molar-refractivity contribution in [1.82, 2.24) is 0 Å². The lowest BCUT2D eigenvalue weighted by Gasteiger charge is -2.15. The van der Waals surface area contributed by atoms with Crippen molar-refractivity contribution in [2.24, 2.45) is 0 Å². The Morgan fingerprint density at radius 2 is 1.42 bits per heavy atom. The molecule has 33 heavy (non-hydrogen) atoms. The van der Waals surface area contributed by atoms with E-state index in [1.807, 2.05) is 19.1 Å². The maximum atomic E-state index is 12.9. The lowest BCUT2D eigenvalue weighted by Crippen LogP contribution is -2.32. The molecule has 0 atom stereocenters. The summed E-state index contributed by atoms with van der Waals surface area (Å²) in [4.78, 5) is 39.0. The summed E-state index contributed by atoms with van der Waals surface area (Å²) in [6.07, 6.45) is 0.849. The second-order valence-electron chi connectivity index (χ2n) is 7.32. The summed E-state index contributed by atoms with van der Waals surface area (Å²) in [5, 5.41) is 6.07. The van der Waals surface area contributed by atoms with Crippen LogP contribution in [0.1, 0.15) is 22.8 Å². The minimum atomic E-state index is -0.590. The van der Waals surface area contributed by atoms with Crippen LogP contribution in [0.5, 0.6) is 0 Å². The van der Waals surface area contributed by atoms with Gasteiger partial charge in [0.2, 0.25) is 0 Å². The van der Waals surface area contributed by atoms with Crippen LogP contribution in [0.4, 0.5) is 17.1 Å². The molecule has 2 N–H and O–H groups in total. The third kappa shape index (κ3) is 4.77. The summed E-state index contributed by atoms with van der Waals surface area (Å²) in [7, 11) is 0. The average molecular weight is 480 g/mol. The van der Waals surface area contributed by atoms with Crippen LogP contribution in [0.15, 0.2) is 83.5 Å². The number of aryl methyl sites for hydroxylation is 1. The summed E-state index contributed by atoms with van der Waals surface area (Å²) >= 11 is 12.0. The Hall–Kier alpha value is -3.61. The van der Waals surface area contributed by atoms with Gasteiger partial charge in [-0.05, 0) is 72.6 Å². The maximum Gasteiger partial charge on any atom is 0.283 e. The second-order valence-corrected chi connectivity index (χ2v) is 8.13. The molecule has 0 bridgehead atoms. The second kappa shape index (κ2) is 9.48. The minimum Gasteiger partial charge on any atom is -0.350 e. The molecule has 8 heteroatoms. The van der Waals surface area contributed by atoms with Gasteiger partial charge in [0.15, 0.2) is 0 Å². The smallest absolute Gasteiger partial charge is 0.283 e. The number of carbonyl (C=O) groups excluding carboxylic acids is 3. The van der Waals surface area contributed by atoms with Crippen LogP contribution in [0, 0.1) is 0 Å². The van der Waals surface area contributed by atoms with E-state index in [4.69, 9.17) is 23.2 Å². The minimum absolute atomic E-state index is 0.0143. The Bertz CT molecular complexity index is 1250. The van der Waals surface area contributed by atoms with E-state index in [-0.39, 0.29) is 16.6 Å². The lowest BCUT2D eigenvalue weighted by molar-refractivity contribution is -0.120. The standard InChI is InChI=1S/C25H19Cl2N3O3/c1-2-15-3-13-20(14-4-15)30-24(32)21(27)22(25(30)33)28-18-9-5-16(6-10-18)23(31)29-19-11-7-17(26)8-12-19/h3-14,28H,2H2,1H3,(H,29,31). The van der Waals surface area contributed by atoms with E-state index >= 15 is 0 Å². The molecule has 0 saturated heterocycles. The number of anilines is 3. The van der Waals surface area contributed by atoms with Gasteiger partial charge in [0.1, 0.15) is 10.7 Å². The number of hydrogen-bond acceptors (Lipinski definition) is 4. The predicted octanol–water partition coefficient (Wildman–Crippen LogP) is 5.59. The first-order valence-corrected chi connectivity index (χ1v) is 10.9. The molecular formula is C25H19Cl2N3O3. The van der Waals surface area contributed by atoms with Gasteiger partial charge < -0.3 is 10.6 Å². The molecule has 4 rings (SSSR count). The molecule has 0 spiro atoms. The van der Waals surface area contributed by atoms with E-state index in [0.717, 1.165) is 16.9 Å². The molecule has 0 saturated carbocycles. The quantitative estimate of drug-likeness (QED) is 0.451. The highest BCUT2D eigenvalue weighted by molar-refractivity contribution is 6.53. The number of carbonyl (C=O) groups is 3. The maximum absolute atomic E-state index is 12.9. The van der Waals surface area contributed by atoms with E-state index in [2.05, 4.69) is 10.6 Å². The first-order chi connectivity index (χ1) is 15.9. The largest absolute Gasteiger partial charge is 0.350 e. The highest BCUT2D eigenvalue weighted by Crippen LogP contribution is 2.30. The number of imide groups is 1. The van der Waals surface area contributed by atoms with Gasteiger partial charge in [-0.3, -0.25) is 14.4 Å². The summed E-state index contributed by atoms with van der Waals surface area (Å²) < 4.78 is 0. The molecule has 3 amide bonds. The van der Waals surface area contributed by atoms with Crippen LogP contribution in [-0.2, 0) is 16.0 Å². The van der Waals surface area contributed by atoms with E-state index in [1.54, 1.807) is 60.7 Å². The molecule has 1 heterocycles. The fourth-order valence-electron chi connectivity index (χ4n) is 3.31. The van der Waals surface area contributed by atoms with Gasteiger partial charge in [0.25, 0.3) is 17.7 Å². The van der Waals surface area contributed by atoms with Crippen molar-refractivity contribution in [3.05, 3.63) is 99.7 Å². The zero-order valence-corrected chi connectivity index (χ0v) is 19.1. The van der Waals surface area contributed by atoms with Crippen LogP contribution >= 0.6 is 23.2 Å². The van der Waals surface area contributed by atoms with Crippen molar-refractivity contribution in [3.63, 3.8) is 0 Å². The first-order valence-electron chi connectivity index (χ1n) is 10.2. The third-order valence-corrected chi connectivity index (χ3v) is 5.75. The average Bonchev–Trinajstić information content (AvgIpc) is 3.04. The van der Waals surface area contributed by atoms with Crippen molar-refractivity contribution in [2.45, 2.75) is 13.3 Å². The Balaban J connectivity index is 1.46. The Kier molecular flexibility index (Phi) is 6.49. The highest BCUT2D eigenvalue weighted by atomic mass is 35.5. The Morgan fingerprint density at radius 1 is 0.818 bits per heavy atom. The van der Waals surface area contributed by atoms with E-state index < -0.39 is 11.8 Å². The van der Waals surface area contributed by atoms with Gasteiger partial charge in [-0.2, -0.15) is 0 Å². The molecule has 3 aromatic carbocycles. The van der Waals surface area contributed by atoms with Gasteiger partial charge in [-0.1, -0.05) is 42.3 Å². The molecule has 1 aliphatic heterocycles. The Morgan fingerprint density at radius 3 is 2.03 bits per heavy atom. The number of benzene rings is 3. The molecule has 0 aromatic heterocycles. The van der Waals surface area contributed by atoms with Crippen molar-refractivity contribution in [3.8, 4) is 0 Å². The SMILES string of the molecule is CCc1ccc(N2C(=O)C(Cl)=C(Nc3ccc(C(=O)Nc4ccc(Cl)cc4)cc3)C2=O)cc1. The molecule has 0 unspecified atom stereocenters. The van der Waals surface area contributed by atoms with E-state index in [0.29, 0.717) is 27.6 Å². The summed E-state index contributed by atoms with van der Waals surface area (Å²) in [5.41, 5.74) is 3.07. The van der Waals surface area contributed by atoms with E-state index in [1.165, 1.54) is 0 Å². The van der Waals surface area contributed by atoms with Gasteiger partial charge in [-0.15, -0.1) is 0 Å². The fourth-order valence-corrected chi connectivity index (χ4v) is 3.65. The number of amides is 3. The number of hydrogen-bond donors (Lipinski definition) is 2. The monoisotopic (exact) mass is 479 g/mol. The summed E-state index contributed by atoms with van der Waals surface area (Å²) in [6.45, 7) is 2.02. The molecule has 166 valence electrons. The molecule has 0 fully saturated rings. The normalized spacial score (nSPS) is 13.5. The lowest BCUT2D eigenvalue weighted by atomic mass is 10.1. The van der Waals surface area contributed by atoms with Crippen LogP contribution in [0.3, 0.4) is 0 Å². The fraction of sp³-hybridized carbons (Fsp3) is 0.0800. The molecular weight excluding hydrogens is 461 g/mol. The molecule has 3 aromatic rings. The van der Waals surface area contributed by atoms with E-state index in [9.17, 15) is 14.4 Å². The summed E-state index contributed by atoms with van der Waals surface area (Å²) in [6, 6.07) is 20.4. The molecule has 0 aliphatic carbocycles. The third-order valence-electron chi connectivity index (χ3n) is 5.15. The summed E-state index contributed by atoms with van der Waals surface area (Å²) in [5.74, 6) is -1.43.